The van der Waals surface area contributed by atoms with Crippen molar-refractivity contribution in [1.29, 1.82) is 0 Å². The minimum absolute atomic E-state index is 0.0325. The first-order valence-corrected chi connectivity index (χ1v) is 7.18. The van der Waals surface area contributed by atoms with Gasteiger partial charge in [0.15, 0.2) is 5.78 Å². The van der Waals surface area contributed by atoms with Gasteiger partial charge in [-0.25, -0.2) is 0 Å². The van der Waals surface area contributed by atoms with Crippen molar-refractivity contribution in [1.82, 2.24) is 0 Å². The number of benzene rings is 2. The lowest BCUT2D eigenvalue weighted by Gasteiger charge is -2.09. The van der Waals surface area contributed by atoms with Crippen molar-refractivity contribution in [2.45, 2.75) is 19.0 Å². The number of aryl methyl sites for hydroxylation is 1. The Morgan fingerprint density at radius 2 is 1.59 bits per heavy atom. The molecule has 0 N–H and O–H groups in total. The van der Waals surface area contributed by atoms with Crippen LogP contribution in [0.25, 0.3) is 0 Å². The molecule has 0 amide bonds. The number of ketones is 1. The van der Waals surface area contributed by atoms with Crippen molar-refractivity contribution in [2.24, 2.45) is 0 Å². The quantitative estimate of drug-likeness (QED) is 0.636. The highest BCUT2D eigenvalue weighted by Gasteiger charge is 2.30. The highest BCUT2D eigenvalue weighted by atomic mass is 35.5. The lowest BCUT2D eigenvalue weighted by Crippen LogP contribution is -2.06. The van der Waals surface area contributed by atoms with Crippen LogP contribution in [0.4, 0.5) is 13.2 Å². The van der Waals surface area contributed by atoms with Crippen molar-refractivity contribution in [3.8, 4) is 0 Å². The third-order valence-corrected chi connectivity index (χ3v) is 3.77. The molecule has 0 saturated heterocycles. The van der Waals surface area contributed by atoms with Gasteiger partial charge in [0.05, 0.1) is 21.2 Å². The van der Waals surface area contributed by atoms with Gasteiger partial charge in [-0.3, -0.25) is 4.79 Å². The van der Waals surface area contributed by atoms with E-state index in [4.69, 9.17) is 23.2 Å². The van der Waals surface area contributed by atoms with Gasteiger partial charge in [-0.05, 0) is 30.2 Å². The first-order valence-electron chi connectivity index (χ1n) is 6.42. The monoisotopic (exact) mass is 346 g/mol. The molecule has 6 heteroatoms. The van der Waals surface area contributed by atoms with Crippen LogP contribution in [0, 0.1) is 0 Å². The maximum Gasteiger partial charge on any atom is 0.416 e. The Hall–Kier alpha value is -1.52. The first kappa shape index (κ1) is 16.8. The molecule has 0 spiro atoms. The molecule has 0 aliphatic heterocycles. The average molecular weight is 347 g/mol. The molecule has 0 aromatic heterocycles. The van der Waals surface area contributed by atoms with Crippen molar-refractivity contribution < 1.29 is 18.0 Å². The van der Waals surface area contributed by atoms with Gasteiger partial charge in [-0.2, -0.15) is 13.2 Å². The zero-order chi connectivity index (χ0) is 16.3. The second-order valence-corrected chi connectivity index (χ2v) is 5.53. The number of rotatable bonds is 4. The summed E-state index contributed by atoms with van der Waals surface area (Å²) in [6.45, 7) is 0. The van der Waals surface area contributed by atoms with E-state index in [1.807, 2.05) is 0 Å². The van der Waals surface area contributed by atoms with Crippen molar-refractivity contribution >= 4 is 29.0 Å². The fraction of sp³-hybridized carbons (Fsp3) is 0.188. The van der Waals surface area contributed by atoms with Gasteiger partial charge in [0.2, 0.25) is 0 Å². The van der Waals surface area contributed by atoms with E-state index < -0.39 is 11.7 Å². The summed E-state index contributed by atoms with van der Waals surface area (Å²) in [5.74, 6) is -0.298. The maximum atomic E-state index is 12.6. The van der Waals surface area contributed by atoms with E-state index in [2.05, 4.69) is 0 Å². The number of carbonyl (C=O) groups excluding carboxylic acids is 1. The van der Waals surface area contributed by atoms with Crippen molar-refractivity contribution in [3.05, 3.63) is 69.2 Å². The predicted octanol–water partition coefficient (Wildman–Crippen LogP) is 5.83. The van der Waals surface area contributed by atoms with E-state index in [0.29, 0.717) is 5.56 Å². The highest BCUT2D eigenvalue weighted by Crippen LogP contribution is 2.30. The number of hydrogen-bond acceptors (Lipinski definition) is 1. The summed E-state index contributed by atoms with van der Waals surface area (Å²) in [6, 6.07) is 9.63. The minimum Gasteiger partial charge on any atom is -0.294 e. The number of hydrogen-bond donors (Lipinski definition) is 0. The summed E-state index contributed by atoms with van der Waals surface area (Å²) in [4.78, 5) is 12.2. The van der Waals surface area contributed by atoms with Crippen LogP contribution in [0.1, 0.15) is 27.9 Å². The van der Waals surface area contributed by atoms with E-state index in [0.717, 1.165) is 12.1 Å². The molecule has 2 aromatic carbocycles. The molecular formula is C16H11Cl2F3O. The van der Waals surface area contributed by atoms with E-state index in [-0.39, 0.29) is 34.2 Å². The molecule has 0 saturated carbocycles. The first-order chi connectivity index (χ1) is 10.3. The van der Waals surface area contributed by atoms with Gasteiger partial charge in [0.1, 0.15) is 0 Å². The predicted molar refractivity (Wildman–Crippen MR) is 80.6 cm³/mol. The fourth-order valence-electron chi connectivity index (χ4n) is 2.05. The van der Waals surface area contributed by atoms with Gasteiger partial charge in [-0.1, -0.05) is 47.5 Å². The summed E-state index contributed by atoms with van der Waals surface area (Å²) < 4.78 is 37.9. The molecule has 116 valence electrons. The molecule has 2 aromatic rings. The van der Waals surface area contributed by atoms with Gasteiger partial charge in [-0.15, -0.1) is 0 Å². The van der Waals surface area contributed by atoms with Crippen LogP contribution in [0.3, 0.4) is 0 Å². The number of halogens is 5. The van der Waals surface area contributed by atoms with E-state index >= 15 is 0 Å². The largest absolute Gasteiger partial charge is 0.416 e. The Morgan fingerprint density at radius 1 is 1.00 bits per heavy atom. The Morgan fingerprint density at radius 3 is 2.18 bits per heavy atom. The Labute approximate surface area is 135 Å². The Bertz CT molecular complexity index is 676. The topological polar surface area (TPSA) is 17.1 Å². The molecule has 0 atom stereocenters. The molecule has 2 rings (SSSR count). The summed E-state index contributed by atoms with van der Waals surface area (Å²) >= 11 is 11.9. The normalized spacial score (nSPS) is 11.5. The van der Waals surface area contributed by atoms with Gasteiger partial charge in [0.25, 0.3) is 0 Å². The molecule has 0 bridgehead atoms. The maximum absolute atomic E-state index is 12.6. The van der Waals surface area contributed by atoms with Crippen LogP contribution in [0.2, 0.25) is 10.0 Å². The van der Waals surface area contributed by atoms with E-state index in [1.54, 1.807) is 24.3 Å². The highest BCUT2D eigenvalue weighted by molar-refractivity contribution is 6.39. The van der Waals surface area contributed by atoms with E-state index in [1.165, 1.54) is 6.07 Å². The molecule has 0 aliphatic carbocycles. The summed E-state index contributed by atoms with van der Waals surface area (Å²) in [5, 5.41) is 0.475. The van der Waals surface area contributed by atoms with Gasteiger partial charge < -0.3 is 0 Å². The van der Waals surface area contributed by atoms with Gasteiger partial charge >= 0.3 is 6.18 Å². The molecule has 1 nitrogen and oxygen atoms in total. The SMILES string of the molecule is O=C(CCc1cccc(C(F)(F)F)c1)c1c(Cl)cccc1Cl. The molecule has 0 fully saturated rings. The molecule has 0 radical (unpaired) electrons. The minimum atomic E-state index is -4.40. The summed E-state index contributed by atoms with van der Waals surface area (Å²) in [6.07, 6.45) is -4.18. The Balaban J connectivity index is 2.12. The third kappa shape index (κ3) is 4.02. The molecular weight excluding hydrogens is 336 g/mol. The van der Waals surface area contributed by atoms with Crippen LogP contribution >= 0.6 is 23.2 Å². The number of Topliss-reactive ketones (excluding diaryl/α,β-unsaturated/α-hetero) is 1. The standard InChI is InChI=1S/C16H11Cl2F3O/c17-12-5-2-6-13(18)15(12)14(22)8-7-10-3-1-4-11(9-10)16(19,20)21/h1-6,9H,7-8H2. The zero-order valence-electron chi connectivity index (χ0n) is 11.3. The summed E-state index contributed by atoms with van der Waals surface area (Å²) in [7, 11) is 0. The second kappa shape index (κ2) is 6.71. The number of carbonyl (C=O) groups is 1. The molecule has 22 heavy (non-hydrogen) atoms. The van der Waals surface area contributed by atoms with Gasteiger partial charge in [0, 0.05) is 6.42 Å². The molecule has 0 heterocycles. The van der Waals surface area contributed by atoms with Crippen LogP contribution in [-0.2, 0) is 12.6 Å². The Kier molecular flexibility index (Phi) is 5.14. The third-order valence-electron chi connectivity index (χ3n) is 3.14. The number of alkyl halides is 3. The van der Waals surface area contributed by atoms with Crippen LogP contribution in [0.15, 0.2) is 42.5 Å². The van der Waals surface area contributed by atoms with E-state index in [9.17, 15) is 18.0 Å². The summed E-state index contributed by atoms with van der Waals surface area (Å²) in [5.41, 5.74) is -0.0858. The molecule has 0 unspecified atom stereocenters. The zero-order valence-corrected chi connectivity index (χ0v) is 12.8. The van der Waals surface area contributed by atoms with Crippen molar-refractivity contribution in [3.63, 3.8) is 0 Å². The molecule has 0 aliphatic rings. The second-order valence-electron chi connectivity index (χ2n) is 4.72. The van der Waals surface area contributed by atoms with Crippen molar-refractivity contribution in [2.75, 3.05) is 0 Å². The lowest BCUT2D eigenvalue weighted by molar-refractivity contribution is -0.137. The fourth-order valence-corrected chi connectivity index (χ4v) is 2.66. The smallest absolute Gasteiger partial charge is 0.294 e. The van der Waals surface area contributed by atoms with Crippen LogP contribution in [-0.4, -0.2) is 5.78 Å². The average Bonchev–Trinajstić information content (AvgIpc) is 2.44. The van der Waals surface area contributed by atoms with Crippen LogP contribution < -0.4 is 0 Å². The van der Waals surface area contributed by atoms with Crippen LogP contribution in [0.5, 0.6) is 0 Å². The lowest BCUT2D eigenvalue weighted by atomic mass is 10.0.